The number of rotatable bonds is 2. The van der Waals surface area contributed by atoms with Crippen molar-refractivity contribution in [1.29, 1.82) is 0 Å². The highest BCUT2D eigenvalue weighted by molar-refractivity contribution is 7.58. The molecule has 4 nitrogen and oxygen atoms in total. The highest BCUT2D eigenvalue weighted by Crippen LogP contribution is 2.44. The molecule has 0 spiro atoms. The van der Waals surface area contributed by atoms with E-state index in [1.807, 2.05) is 0 Å². The van der Waals surface area contributed by atoms with E-state index in [9.17, 15) is 26.3 Å². The van der Waals surface area contributed by atoms with Crippen molar-refractivity contribution in [3.63, 3.8) is 0 Å². The number of alkyl halides is 6. The number of halogens is 6. The third-order valence-electron chi connectivity index (χ3n) is 5.78. The molecule has 5 rings (SSSR count). The molecule has 35 heavy (non-hydrogen) atoms. The molecule has 0 aliphatic carbocycles. The molecule has 2 heterocycles. The number of hydrogen-bond donors (Lipinski definition) is 0. The Bertz CT molecular complexity index is 1440. The van der Waals surface area contributed by atoms with Gasteiger partial charge in [0.1, 0.15) is 11.4 Å². The Morgan fingerprint density at radius 3 is 1.23 bits per heavy atom. The van der Waals surface area contributed by atoms with Crippen molar-refractivity contribution < 1.29 is 26.3 Å². The van der Waals surface area contributed by atoms with Crippen LogP contribution in [-0.4, -0.2) is 9.97 Å². The topological polar surface area (TPSA) is 50.5 Å². The van der Waals surface area contributed by atoms with Crippen LogP contribution in [0.25, 0.3) is 33.5 Å². The lowest BCUT2D eigenvalue weighted by Crippen LogP contribution is -2.05. The van der Waals surface area contributed by atoms with Crippen LogP contribution in [0.15, 0.2) is 57.3 Å². The zero-order valence-electron chi connectivity index (χ0n) is 18.1. The fourth-order valence-corrected chi connectivity index (χ4v) is 4.55. The van der Waals surface area contributed by atoms with Gasteiger partial charge in [-0.3, -0.25) is 0 Å². The van der Waals surface area contributed by atoms with Crippen molar-refractivity contribution in [2.24, 2.45) is 8.73 Å². The van der Waals surface area contributed by atoms with Gasteiger partial charge in [-0.15, -0.1) is 0 Å². The standard InChI is InChI=1S/C24H14F6N4S/c1-11-17-18(12(2)20-19(11)33-35-34-20)32-22(14-5-9-16(10-6-14)24(28,29)30)21(31-17)13-3-7-15(8-4-13)23(25,26)27/h3-10H,1-2H3. The Labute approximate surface area is 198 Å². The first kappa shape index (κ1) is 23.2. The minimum Gasteiger partial charge on any atom is -0.243 e. The Balaban J connectivity index is 1.78. The first-order chi connectivity index (χ1) is 16.4. The molecule has 1 aliphatic heterocycles. The molecule has 0 N–H and O–H groups in total. The maximum atomic E-state index is 13.1. The Morgan fingerprint density at radius 2 is 0.914 bits per heavy atom. The smallest absolute Gasteiger partial charge is 0.243 e. The van der Waals surface area contributed by atoms with Crippen LogP contribution in [0.5, 0.6) is 0 Å². The second kappa shape index (κ2) is 7.98. The molecule has 3 aromatic carbocycles. The molecule has 0 radical (unpaired) electrons. The summed E-state index contributed by atoms with van der Waals surface area (Å²) < 4.78 is 87.2. The minimum absolute atomic E-state index is 0.246. The molecule has 0 atom stereocenters. The van der Waals surface area contributed by atoms with Crippen molar-refractivity contribution in [3.8, 4) is 22.5 Å². The van der Waals surface area contributed by atoms with Gasteiger partial charge < -0.3 is 0 Å². The van der Waals surface area contributed by atoms with Crippen molar-refractivity contribution in [2.45, 2.75) is 26.2 Å². The molecule has 1 aromatic heterocycles. The monoisotopic (exact) mass is 504 g/mol. The zero-order valence-corrected chi connectivity index (χ0v) is 18.9. The summed E-state index contributed by atoms with van der Waals surface area (Å²) >= 11 is 1.03. The summed E-state index contributed by atoms with van der Waals surface area (Å²) in [6, 6.07) is 8.84. The van der Waals surface area contributed by atoms with Crippen molar-refractivity contribution >= 4 is 33.8 Å². The summed E-state index contributed by atoms with van der Waals surface area (Å²) in [6.07, 6.45) is -9.03. The largest absolute Gasteiger partial charge is 0.416 e. The minimum atomic E-state index is -4.51. The van der Waals surface area contributed by atoms with E-state index in [4.69, 9.17) is 9.97 Å². The first-order valence-electron chi connectivity index (χ1n) is 10.2. The van der Waals surface area contributed by atoms with Crippen LogP contribution in [0.3, 0.4) is 0 Å². The molecular weight excluding hydrogens is 490 g/mol. The number of aromatic nitrogens is 2. The average Bonchev–Trinajstić information content (AvgIpc) is 3.31. The number of benzene rings is 3. The van der Waals surface area contributed by atoms with E-state index in [1.54, 1.807) is 13.8 Å². The first-order valence-corrected chi connectivity index (χ1v) is 11.0. The molecule has 1 aliphatic rings. The van der Waals surface area contributed by atoms with E-state index in [1.165, 1.54) is 24.3 Å². The van der Waals surface area contributed by atoms with Crippen LogP contribution in [-0.2, 0) is 23.7 Å². The molecule has 4 aromatic rings. The summed E-state index contributed by atoms with van der Waals surface area (Å²) in [6.45, 7) is 3.60. The zero-order chi connectivity index (χ0) is 25.1. The highest BCUT2D eigenvalue weighted by atomic mass is 32.1. The Kier molecular flexibility index (Phi) is 5.28. The van der Waals surface area contributed by atoms with Gasteiger partial charge in [0, 0.05) is 22.3 Å². The number of fused-ring (bicyclic) bond motifs is 2. The SMILES string of the molecule is Cc1c2c(c(C)c3nc(-c4ccc(C(F)(F)F)cc4)c(-c4ccc(C(F)(F)F)cc4)nc13)N=S=N2. The molecule has 0 bridgehead atoms. The van der Waals surface area contributed by atoms with E-state index in [0.29, 0.717) is 44.7 Å². The van der Waals surface area contributed by atoms with Crippen LogP contribution < -0.4 is 0 Å². The van der Waals surface area contributed by atoms with Gasteiger partial charge in [-0.1, -0.05) is 24.3 Å². The molecule has 0 saturated carbocycles. The second-order valence-electron chi connectivity index (χ2n) is 7.98. The van der Waals surface area contributed by atoms with Gasteiger partial charge in [-0.2, -0.15) is 35.1 Å². The van der Waals surface area contributed by atoms with E-state index in [2.05, 4.69) is 8.73 Å². The van der Waals surface area contributed by atoms with Crippen LogP contribution in [0.2, 0.25) is 0 Å². The summed E-state index contributed by atoms with van der Waals surface area (Å²) in [4.78, 5) is 9.49. The van der Waals surface area contributed by atoms with E-state index in [-0.39, 0.29) is 11.4 Å². The molecule has 0 unspecified atom stereocenters. The maximum absolute atomic E-state index is 13.1. The molecule has 0 saturated heterocycles. The molecule has 178 valence electrons. The van der Waals surface area contributed by atoms with Crippen molar-refractivity contribution in [3.05, 3.63) is 70.8 Å². The third kappa shape index (κ3) is 3.99. The van der Waals surface area contributed by atoms with Crippen LogP contribution in [0, 0.1) is 13.8 Å². The Morgan fingerprint density at radius 1 is 0.571 bits per heavy atom. The number of nitrogens with zero attached hydrogens (tertiary/aromatic N) is 4. The van der Waals surface area contributed by atoms with Gasteiger partial charge in [0.05, 0.1) is 44.9 Å². The van der Waals surface area contributed by atoms with Gasteiger partial charge in [-0.05, 0) is 38.1 Å². The quantitative estimate of drug-likeness (QED) is 0.227. The normalized spacial score (nSPS) is 13.3. The lowest BCUT2D eigenvalue weighted by Gasteiger charge is -2.16. The van der Waals surface area contributed by atoms with Gasteiger partial charge in [-0.25, -0.2) is 9.97 Å². The van der Waals surface area contributed by atoms with Gasteiger partial charge in [0.15, 0.2) is 0 Å². The summed E-state index contributed by atoms with van der Waals surface area (Å²) in [5.74, 6) is 0. The van der Waals surface area contributed by atoms with E-state index in [0.717, 1.165) is 35.6 Å². The molecule has 11 heteroatoms. The van der Waals surface area contributed by atoms with E-state index >= 15 is 0 Å². The predicted molar refractivity (Wildman–Crippen MR) is 121 cm³/mol. The fraction of sp³-hybridized carbons (Fsp3) is 0.167. The fourth-order valence-electron chi connectivity index (χ4n) is 3.90. The van der Waals surface area contributed by atoms with E-state index < -0.39 is 23.5 Å². The Hall–Kier alpha value is -3.60. The molecular formula is C24H14F6N4S. The van der Waals surface area contributed by atoms with Crippen LogP contribution in [0.4, 0.5) is 37.7 Å². The highest BCUT2D eigenvalue weighted by Gasteiger charge is 2.31. The predicted octanol–water partition coefficient (Wildman–Crippen LogP) is 8.34. The van der Waals surface area contributed by atoms with Crippen molar-refractivity contribution in [1.82, 2.24) is 9.97 Å². The third-order valence-corrected chi connectivity index (χ3v) is 6.30. The van der Waals surface area contributed by atoms with Crippen LogP contribution in [0.1, 0.15) is 22.3 Å². The lowest BCUT2D eigenvalue weighted by molar-refractivity contribution is -0.138. The molecule has 0 amide bonds. The van der Waals surface area contributed by atoms with Crippen molar-refractivity contribution in [2.75, 3.05) is 0 Å². The second-order valence-corrected chi connectivity index (χ2v) is 8.51. The van der Waals surface area contributed by atoms with Gasteiger partial charge in [0.2, 0.25) is 0 Å². The van der Waals surface area contributed by atoms with Gasteiger partial charge >= 0.3 is 12.4 Å². The maximum Gasteiger partial charge on any atom is 0.416 e. The molecule has 0 fully saturated rings. The summed E-state index contributed by atoms with van der Waals surface area (Å²) in [5, 5.41) is 0. The number of aryl methyl sites for hydroxylation is 2. The summed E-state index contributed by atoms with van der Waals surface area (Å²) in [5.41, 5.74) is 3.22. The lowest BCUT2D eigenvalue weighted by atomic mass is 9.99. The van der Waals surface area contributed by atoms with Gasteiger partial charge in [0.25, 0.3) is 0 Å². The average molecular weight is 504 g/mol. The summed E-state index contributed by atoms with van der Waals surface area (Å²) in [7, 11) is 0. The van der Waals surface area contributed by atoms with Crippen LogP contribution >= 0.6 is 0 Å². The number of hydrogen-bond acceptors (Lipinski definition) is 4.